The zero-order valence-electron chi connectivity index (χ0n) is 8.51. The van der Waals surface area contributed by atoms with Gasteiger partial charge in [-0.1, -0.05) is 19.3 Å². The first-order chi connectivity index (χ1) is 7.25. The Balaban J connectivity index is 1.94. The summed E-state index contributed by atoms with van der Waals surface area (Å²) in [5.74, 6) is -0.194. The molecule has 0 radical (unpaired) electrons. The molecule has 1 aliphatic rings. The Bertz CT molecular complexity index is 387. The highest BCUT2D eigenvalue weighted by Crippen LogP contribution is 2.17. The molecule has 0 saturated heterocycles. The Morgan fingerprint density at radius 1 is 1.27 bits per heavy atom. The molecule has 5 nitrogen and oxygen atoms in total. The van der Waals surface area contributed by atoms with Crippen LogP contribution in [0.1, 0.15) is 42.6 Å². The van der Waals surface area contributed by atoms with Crippen molar-refractivity contribution in [3.63, 3.8) is 0 Å². The molecule has 1 saturated carbocycles. The second-order valence-electron chi connectivity index (χ2n) is 3.98. The van der Waals surface area contributed by atoms with Crippen molar-refractivity contribution in [2.24, 2.45) is 0 Å². The molecule has 15 heavy (non-hydrogen) atoms. The summed E-state index contributed by atoms with van der Waals surface area (Å²) < 4.78 is 0. The average molecular weight is 209 g/mol. The third-order valence-electron chi connectivity index (χ3n) is 2.78. The average Bonchev–Trinajstić information content (AvgIpc) is 2.66. The molecule has 1 heterocycles. The standard InChI is InChI=1S/C10H15N3O2/c14-9-6-8(12-13-9)10(15)11-7-4-2-1-3-5-7/h6-7H,1-5H2,(H,11,15)(H2,12,13,14). The molecule has 0 spiro atoms. The minimum absolute atomic E-state index is 0.194. The molecule has 0 atom stereocenters. The summed E-state index contributed by atoms with van der Waals surface area (Å²) >= 11 is 0. The van der Waals surface area contributed by atoms with Crippen LogP contribution < -0.4 is 10.9 Å². The molecule has 0 bridgehead atoms. The summed E-state index contributed by atoms with van der Waals surface area (Å²) in [7, 11) is 0. The van der Waals surface area contributed by atoms with Crippen LogP contribution in [0.2, 0.25) is 0 Å². The van der Waals surface area contributed by atoms with Gasteiger partial charge in [0.25, 0.3) is 11.5 Å². The molecule has 82 valence electrons. The number of carbonyl (C=O) groups is 1. The van der Waals surface area contributed by atoms with Crippen molar-refractivity contribution < 1.29 is 4.79 Å². The lowest BCUT2D eigenvalue weighted by Gasteiger charge is -2.22. The van der Waals surface area contributed by atoms with Gasteiger partial charge in [0, 0.05) is 12.1 Å². The number of amides is 1. The summed E-state index contributed by atoms with van der Waals surface area (Å²) in [5, 5.41) is 7.81. The van der Waals surface area contributed by atoms with Gasteiger partial charge in [0.2, 0.25) is 0 Å². The molecule has 5 heteroatoms. The van der Waals surface area contributed by atoms with E-state index in [-0.39, 0.29) is 17.5 Å². The van der Waals surface area contributed by atoms with E-state index < -0.39 is 0 Å². The van der Waals surface area contributed by atoms with E-state index in [9.17, 15) is 9.59 Å². The zero-order valence-corrected chi connectivity index (χ0v) is 8.51. The highest BCUT2D eigenvalue weighted by molar-refractivity contribution is 5.92. The van der Waals surface area contributed by atoms with Crippen molar-refractivity contribution in [2.75, 3.05) is 0 Å². The Labute approximate surface area is 87.3 Å². The minimum atomic E-state index is -0.274. The highest BCUT2D eigenvalue weighted by Gasteiger charge is 2.17. The maximum Gasteiger partial charge on any atom is 0.269 e. The van der Waals surface area contributed by atoms with E-state index in [1.807, 2.05) is 0 Å². The fourth-order valence-electron chi connectivity index (χ4n) is 1.96. The van der Waals surface area contributed by atoms with Crippen LogP contribution in [0.4, 0.5) is 0 Å². The predicted octanol–water partition coefficient (Wildman–Crippen LogP) is 0.765. The van der Waals surface area contributed by atoms with Crippen LogP contribution in [0, 0.1) is 0 Å². The SMILES string of the molecule is O=C(NC1CCCCC1)c1cc(=O)[nH][nH]1. The molecule has 1 aromatic rings. The number of hydrogen-bond acceptors (Lipinski definition) is 2. The van der Waals surface area contributed by atoms with E-state index in [1.165, 1.54) is 25.3 Å². The smallest absolute Gasteiger partial charge is 0.269 e. The van der Waals surface area contributed by atoms with E-state index >= 15 is 0 Å². The fraction of sp³-hybridized carbons (Fsp3) is 0.600. The second kappa shape index (κ2) is 4.33. The number of rotatable bonds is 2. The van der Waals surface area contributed by atoms with E-state index in [4.69, 9.17) is 0 Å². The highest BCUT2D eigenvalue weighted by atomic mass is 16.2. The second-order valence-corrected chi connectivity index (χ2v) is 3.98. The first kappa shape index (κ1) is 10.0. The van der Waals surface area contributed by atoms with Gasteiger partial charge in [0.1, 0.15) is 5.69 Å². The van der Waals surface area contributed by atoms with E-state index in [1.54, 1.807) is 0 Å². The van der Waals surface area contributed by atoms with Gasteiger partial charge >= 0.3 is 0 Å². The van der Waals surface area contributed by atoms with Gasteiger partial charge in [0.15, 0.2) is 0 Å². The van der Waals surface area contributed by atoms with Crippen molar-refractivity contribution in [3.8, 4) is 0 Å². The summed E-state index contributed by atoms with van der Waals surface area (Å²) in [6.07, 6.45) is 5.69. The largest absolute Gasteiger partial charge is 0.348 e. The molecule has 0 unspecified atom stereocenters. The molecule has 3 N–H and O–H groups in total. The quantitative estimate of drug-likeness (QED) is 0.672. The van der Waals surface area contributed by atoms with Crippen LogP contribution in [-0.2, 0) is 0 Å². The lowest BCUT2D eigenvalue weighted by Crippen LogP contribution is -2.36. The van der Waals surface area contributed by atoms with Gasteiger partial charge in [-0.2, -0.15) is 0 Å². The topological polar surface area (TPSA) is 77.8 Å². The minimum Gasteiger partial charge on any atom is -0.348 e. The molecule has 2 rings (SSSR count). The normalized spacial score (nSPS) is 17.6. The summed E-state index contributed by atoms with van der Waals surface area (Å²) in [4.78, 5) is 22.4. The van der Waals surface area contributed by atoms with Gasteiger partial charge in [-0.15, -0.1) is 0 Å². The zero-order chi connectivity index (χ0) is 10.7. The van der Waals surface area contributed by atoms with E-state index in [0.29, 0.717) is 5.69 Å². The van der Waals surface area contributed by atoms with Crippen LogP contribution >= 0.6 is 0 Å². The van der Waals surface area contributed by atoms with Crippen LogP contribution in [0.3, 0.4) is 0 Å². The number of nitrogens with one attached hydrogen (secondary N) is 3. The first-order valence-electron chi connectivity index (χ1n) is 5.34. The Morgan fingerprint density at radius 3 is 2.60 bits per heavy atom. The molecule has 0 aromatic carbocycles. The van der Waals surface area contributed by atoms with E-state index in [2.05, 4.69) is 15.5 Å². The Kier molecular flexibility index (Phi) is 2.89. The third-order valence-corrected chi connectivity index (χ3v) is 2.78. The maximum absolute atomic E-state index is 11.6. The molecule has 1 amide bonds. The van der Waals surface area contributed by atoms with Crippen LogP contribution in [0.25, 0.3) is 0 Å². The number of aromatic nitrogens is 2. The van der Waals surface area contributed by atoms with Crippen molar-refractivity contribution in [1.29, 1.82) is 0 Å². The fourth-order valence-corrected chi connectivity index (χ4v) is 1.96. The lowest BCUT2D eigenvalue weighted by atomic mass is 9.95. The maximum atomic E-state index is 11.6. The molecule has 1 aromatic heterocycles. The van der Waals surface area contributed by atoms with Gasteiger partial charge in [0.05, 0.1) is 0 Å². The van der Waals surface area contributed by atoms with Crippen LogP contribution in [-0.4, -0.2) is 22.1 Å². The summed E-state index contributed by atoms with van der Waals surface area (Å²) in [6, 6.07) is 1.54. The molecule has 1 aliphatic carbocycles. The molecular formula is C10H15N3O2. The Hall–Kier alpha value is -1.52. The van der Waals surface area contributed by atoms with E-state index in [0.717, 1.165) is 12.8 Å². The first-order valence-corrected chi connectivity index (χ1v) is 5.34. The molecule has 0 aliphatic heterocycles. The van der Waals surface area contributed by atoms with Crippen molar-refractivity contribution in [2.45, 2.75) is 38.1 Å². The summed E-state index contributed by atoms with van der Waals surface area (Å²) in [6.45, 7) is 0. The Morgan fingerprint density at radius 2 is 2.00 bits per heavy atom. The monoisotopic (exact) mass is 209 g/mol. The molecular weight excluding hydrogens is 194 g/mol. The van der Waals surface area contributed by atoms with Crippen molar-refractivity contribution >= 4 is 5.91 Å². The number of carbonyl (C=O) groups excluding carboxylic acids is 1. The lowest BCUT2D eigenvalue weighted by molar-refractivity contribution is 0.0922. The van der Waals surface area contributed by atoms with Crippen molar-refractivity contribution in [3.05, 3.63) is 22.1 Å². The summed E-state index contributed by atoms with van der Waals surface area (Å²) in [5.41, 5.74) is 0.0365. The van der Waals surface area contributed by atoms with Crippen LogP contribution in [0.15, 0.2) is 10.9 Å². The van der Waals surface area contributed by atoms with Gasteiger partial charge < -0.3 is 5.32 Å². The van der Waals surface area contributed by atoms with Gasteiger partial charge in [-0.3, -0.25) is 19.8 Å². The predicted molar refractivity (Wildman–Crippen MR) is 55.8 cm³/mol. The van der Waals surface area contributed by atoms with Gasteiger partial charge in [-0.25, -0.2) is 0 Å². The number of aromatic amines is 2. The van der Waals surface area contributed by atoms with Crippen LogP contribution in [0.5, 0.6) is 0 Å². The number of H-pyrrole nitrogens is 2. The number of hydrogen-bond donors (Lipinski definition) is 3. The van der Waals surface area contributed by atoms with Gasteiger partial charge in [-0.05, 0) is 12.8 Å². The third kappa shape index (κ3) is 2.49. The van der Waals surface area contributed by atoms with Crippen molar-refractivity contribution in [1.82, 2.24) is 15.5 Å². The molecule has 1 fully saturated rings.